The van der Waals surface area contributed by atoms with E-state index < -0.39 is 0 Å². The average molecular weight is 309 g/mol. The first kappa shape index (κ1) is 18.0. The number of guanidine groups is 1. The number of rotatable bonds is 8. The third-order valence-electron chi connectivity index (χ3n) is 3.04. The molecule has 0 radical (unpaired) electrons. The third kappa shape index (κ3) is 6.60. The lowest BCUT2D eigenvalue weighted by molar-refractivity contribution is -0.120. The van der Waals surface area contributed by atoms with Crippen molar-refractivity contribution in [2.75, 3.05) is 20.1 Å². The normalized spacial score (nSPS) is 11.6. The number of hydrogen-bond donors (Lipinski definition) is 3. The van der Waals surface area contributed by atoms with E-state index in [1.165, 1.54) is 0 Å². The van der Waals surface area contributed by atoms with Crippen LogP contribution in [-0.4, -0.2) is 37.2 Å². The van der Waals surface area contributed by atoms with E-state index in [-0.39, 0.29) is 5.91 Å². The van der Waals surface area contributed by atoms with Crippen LogP contribution in [0.1, 0.15) is 51.0 Å². The molecule has 1 rings (SSSR count). The molecule has 0 aliphatic rings. The van der Waals surface area contributed by atoms with Crippen molar-refractivity contribution >= 4 is 11.9 Å². The molecular weight excluding hydrogens is 282 g/mol. The van der Waals surface area contributed by atoms with Crippen LogP contribution >= 0.6 is 0 Å². The molecule has 7 nitrogen and oxygen atoms in total. The summed E-state index contributed by atoms with van der Waals surface area (Å²) in [5, 5.41) is 13.1. The maximum atomic E-state index is 11.5. The molecule has 0 spiro atoms. The summed E-state index contributed by atoms with van der Waals surface area (Å²) in [6, 6.07) is 1.93. The minimum absolute atomic E-state index is 0.0432. The molecule has 0 unspecified atom stereocenters. The number of hydrogen-bond acceptors (Lipinski definition) is 4. The maximum Gasteiger partial charge on any atom is 0.221 e. The lowest BCUT2D eigenvalue weighted by Gasteiger charge is -2.10. The first-order valence-corrected chi connectivity index (χ1v) is 7.73. The van der Waals surface area contributed by atoms with Crippen molar-refractivity contribution in [2.45, 2.75) is 46.1 Å². The Morgan fingerprint density at radius 2 is 2.09 bits per heavy atom. The summed E-state index contributed by atoms with van der Waals surface area (Å²) in [7, 11) is 1.69. The second-order valence-corrected chi connectivity index (χ2v) is 5.33. The monoisotopic (exact) mass is 309 g/mol. The van der Waals surface area contributed by atoms with Gasteiger partial charge in [-0.05, 0) is 12.3 Å². The van der Waals surface area contributed by atoms with Crippen LogP contribution in [0.3, 0.4) is 0 Å². The highest BCUT2D eigenvalue weighted by atomic mass is 16.5. The average Bonchev–Trinajstić information content (AvgIpc) is 2.97. The Labute approximate surface area is 131 Å². The highest BCUT2D eigenvalue weighted by molar-refractivity contribution is 5.81. The van der Waals surface area contributed by atoms with Crippen LogP contribution in [0.15, 0.2) is 15.6 Å². The number of carbonyl (C=O) groups is 1. The van der Waals surface area contributed by atoms with Gasteiger partial charge in [0, 0.05) is 32.6 Å². The molecule has 0 saturated heterocycles. The van der Waals surface area contributed by atoms with E-state index in [1.807, 2.05) is 13.0 Å². The maximum absolute atomic E-state index is 11.5. The van der Waals surface area contributed by atoms with Gasteiger partial charge in [-0.3, -0.25) is 9.79 Å². The predicted molar refractivity (Wildman–Crippen MR) is 86.7 cm³/mol. The molecule has 1 aromatic heterocycles. The van der Waals surface area contributed by atoms with Gasteiger partial charge in [0.15, 0.2) is 11.7 Å². The molecule has 0 aliphatic heterocycles. The molecule has 1 heterocycles. The van der Waals surface area contributed by atoms with Crippen molar-refractivity contribution in [3.8, 4) is 0 Å². The Balaban J connectivity index is 2.28. The lowest BCUT2D eigenvalue weighted by Crippen LogP contribution is -2.39. The van der Waals surface area contributed by atoms with Gasteiger partial charge in [-0.2, -0.15) is 0 Å². The highest BCUT2D eigenvalue weighted by Crippen LogP contribution is 2.13. The first-order valence-electron chi connectivity index (χ1n) is 7.73. The fourth-order valence-electron chi connectivity index (χ4n) is 1.72. The van der Waals surface area contributed by atoms with Crippen molar-refractivity contribution in [1.82, 2.24) is 21.1 Å². The van der Waals surface area contributed by atoms with Crippen molar-refractivity contribution in [2.24, 2.45) is 4.99 Å². The van der Waals surface area contributed by atoms with E-state index in [9.17, 15) is 4.79 Å². The Hall–Kier alpha value is -2.05. The standard InChI is InChI=1S/C15H27N5O2/c1-5-7-17-14(21)6-8-18-15(16-4)19-10-12-9-13(11(2)3)20-22-12/h9,11H,5-8,10H2,1-4H3,(H,17,21)(H2,16,18,19). The zero-order valence-electron chi connectivity index (χ0n) is 13.9. The second-order valence-electron chi connectivity index (χ2n) is 5.33. The summed E-state index contributed by atoms with van der Waals surface area (Å²) in [4.78, 5) is 15.6. The SMILES string of the molecule is CCCNC(=O)CCNC(=NC)NCc1cc(C(C)C)no1. The van der Waals surface area contributed by atoms with Crippen molar-refractivity contribution < 1.29 is 9.32 Å². The molecule has 22 heavy (non-hydrogen) atoms. The predicted octanol–water partition coefficient (Wildman–Crippen LogP) is 1.38. The molecule has 0 aliphatic carbocycles. The zero-order valence-corrected chi connectivity index (χ0v) is 13.9. The topological polar surface area (TPSA) is 91.5 Å². The van der Waals surface area contributed by atoms with Crippen LogP contribution in [0.4, 0.5) is 0 Å². The van der Waals surface area contributed by atoms with Crippen molar-refractivity contribution in [3.63, 3.8) is 0 Å². The molecular formula is C15H27N5O2. The van der Waals surface area contributed by atoms with Crippen LogP contribution < -0.4 is 16.0 Å². The fraction of sp³-hybridized carbons (Fsp3) is 0.667. The summed E-state index contributed by atoms with van der Waals surface area (Å²) < 4.78 is 5.25. The van der Waals surface area contributed by atoms with E-state index in [0.717, 1.165) is 24.4 Å². The summed E-state index contributed by atoms with van der Waals surface area (Å²) in [5.74, 6) is 1.77. The van der Waals surface area contributed by atoms with E-state index in [1.54, 1.807) is 7.05 Å². The number of aromatic nitrogens is 1. The molecule has 1 amide bonds. The summed E-state index contributed by atoms with van der Waals surface area (Å²) in [5.41, 5.74) is 0.937. The van der Waals surface area contributed by atoms with Gasteiger partial charge in [0.25, 0.3) is 0 Å². The Morgan fingerprint density at radius 3 is 2.68 bits per heavy atom. The van der Waals surface area contributed by atoms with E-state index in [2.05, 4.69) is 39.9 Å². The Morgan fingerprint density at radius 1 is 1.32 bits per heavy atom. The molecule has 3 N–H and O–H groups in total. The molecule has 1 aromatic rings. The van der Waals surface area contributed by atoms with Crippen molar-refractivity contribution in [1.29, 1.82) is 0 Å². The molecule has 0 bridgehead atoms. The molecule has 124 valence electrons. The summed E-state index contributed by atoms with van der Waals surface area (Å²) >= 11 is 0. The van der Waals surface area contributed by atoms with Gasteiger partial charge in [0.2, 0.25) is 5.91 Å². The smallest absolute Gasteiger partial charge is 0.221 e. The Bertz CT molecular complexity index is 482. The molecule has 0 aromatic carbocycles. The number of amides is 1. The Kier molecular flexibility index (Phi) is 8.03. The lowest BCUT2D eigenvalue weighted by atomic mass is 10.1. The van der Waals surface area contributed by atoms with Gasteiger partial charge in [-0.15, -0.1) is 0 Å². The minimum atomic E-state index is 0.0432. The van der Waals surface area contributed by atoms with Crippen LogP contribution in [-0.2, 0) is 11.3 Å². The number of aliphatic imine (C=N–C) groups is 1. The van der Waals surface area contributed by atoms with Crippen LogP contribution in [0.25, 0.3) is 0 Å². The third-order valence-corrected chi connectivity index (χ3v) is 3.04. The van der Waals surface area contributed by atoms with Gasteiger partial charge in [0.1, 0.15) is 0 Å². The molecule has 0 saturated carbocycles. The summed E-state index contributed by atoms with van der Waals surface area (Å²) in [6.45, 7) is 7.91. The number of nitrogens with zero attached hydrogens (tertiary/aromatic N) is 2. The fourth-order valence-corrected chi connectivity index (χ4v) is 1.72. The number of nitrogens with one attached hydrogen (secondary N) is 3. The van der Waals surface area contributed by atoms with Gasteiger partial charge in [-0.1, -0.05) is 25.9 Å². The van der Waals surface area contributed by atoms with Crippen LogP contribution in [0.2, 0.25) is 0 Å². The molecule has 0 fully saturated rings. The highest BCUT2D eigenvalue weighted by Gasteiger charge is 2.08. The van der Waals surface area contributed by atoms with Crippen LogP contribution in [0.5, 0.6) is 0 Å². The molecule has 0 atom stereocenters. The zero-order chi connectivity index (χ0) is 16.4. The first-order chi connectivity index (χ1) is 10.6. The van der Waals surface area contributed by atoms with Gasteiger partial charge < -0.3 is 20.5 Å². The molecule has 7 heteroatoms. The minimum Gasteiger partial charge on any atom is -0.359 e. The largest absolute Gasteiger partial charge is 0.359 e. The summed E-state index contributed by atoms with van der Waals surface area (Å²) in [6.07, 6.45) is 1.36. The number of carbonyl (C=O) groups excluding carboxylic acids is 1. The van der Waals surface area contributed by atoms with E-state index >= 15 is 0 Å². The van der Waals surface area contributed by atoms with Crippen molar-refractivity contribution in [3.05, 3.63) is 17.5 Å². The van der Waals surface area contributed by atoms with E-state index in [4.69, 9.17) is 4.52 Å². The van der Waals surface area contributed by atoms with Gasteiger partial charge in [-0.25, -0.2) is 0 Å². The van der Waals surface area contributed by atoms with Gasteiger partial charge in [0.05, 0.1) is 12.2 Å². The second kappa shape index (κ2) is 9.81. The van der Waals surface area contributed by atoms with Gasteiger partial charge >= 0.3 is 0 Å². The quantitative estimate of drug-likeness (QED) is 0.498. The van der Waals surface area contributed by atoms with E-state index in [0.29, 0.717) is 31.4 Å². The van der Waals surface area contributed by atoms with Crippen LogP contribution in [0, 0.1) is 0 Å².